The molecule has 5 nitrogen and oxygen atoms in total. The predicted octanol–water partition coefficient (Wildman–Crippen LogP) is -1.59. The van der Waals surface area contributed by atoms with Gasteiger partial charge in [0.25, 0.3) is 0 Å². The lowest BCUT2D eigenvalue weighted by molar-refractivity contribution is 0.437. The van der Waals surface area contributed by atoms with Gasteiger partial charge in [0, 0.05) is 33.7 Å². The van der Waals surface area contributed by atoms with Gasteiger partial charge in [-0.2, -0.15) is 0 Å². The molecule has 0 amide bonds. The maximum absolute atomic E-state index is 11.5. The molecule has 0 aromatic heterocycles. The Morgan fingerprint density at radius 2 is 2.17 bits per heavy atom. The molecular weight excluding hydrogens is 178 g/mol. The van der Waals surface area contributed by atoms with E-state index in [0.29, 0.717) is 13.1 Å². The molecule has 1 N–H and O–H groups in total. The van der Waals surface area contributed by atoms with E-state index in [0.717, 1.165) is 6.54 Å². The summed E-state index contributed by atoms with van der Waals surface area (Å²) in [5.41, 5.74) is 0. The molecule has 12 heavy (non-hydrogen) atoms. The van der Waals surface area contributed by atoms with Gasteiger partial charge in [-0.25, -0.2) is 18.0 Å². The molecule has 0 bridgehead atoms. The van der Waals surface area contributed by atoms with Crippen molar-refractivity contribution in [1.29, 1.82) is 0 Å². The van der Waals surface area contributed by atoms with Crippen LogP contribution in [0.4, 0.5) is 0 Å². The normalized spacial score (nSPS) is 26.1. The highest BCUT2D eigenvalue weighted by Gasteiger charge is 2.29. The SMILES string of the molecule is CN(C)S(=O)(=O)C1CNCC[N]1. The van der Waals surface area contributed by atoms with Gasteiger partial charge >= 0.3 is 0 Å². The van der Waals surface area contributed by atoms with E-state index in [1.54, 1.807) is 0 Å². The van der Waals surface area contributed by atoms with Crippen molar-refractivity contribution < 1.29 is 8.42 Å². The van der Waals surface area contributed by atoms with Crippen molar-refractivity contribution in [3.05, 3.63) is 0 Å². The highest BCUT2D eigenvalue weighted by Crippen LogP contribution is 2.04. The predicted molar refractivity (Wildman–Crippen MR) is 46.3 cm³/mol. The average molecular weight is 192 g/mol. The topological polar surface area (TPSA) is 63.5 Å². The van der Waals surface area contributed by atoms with Crippen molar-refractivity contribution >= 4 is 10.0 Å². The second kappa shape index (κ2) is 3.69. The zero-order valence-electron chi connectivity index (χ0n) is 7.32. The van der Waals surface area contributed by atoms with Gasteiger partial charge < -0.3 is 5.32 Å². The Kier molecular flexibility index (Phi) is 3.05. The van der Waals surface area contributed by atoms with Crippen molar-refractivity contribution in [2.24, 2.45) is 0 Å². The van der Waals surface area contributed by atoms with Gasteiger partial charge in [0.05, 0.1) is 0 Å². The summed E-state index contributed by atoms with van der Waals surface area (Å²) >= 11 is 0. The monoisotopic (exact) mass is 192 g/mol. The molecule has 1 unspecified atom stereocenters. The van der Waals surface area contributed by atoms with Crippen molar-refractivity contribution in [2.75, 3.05) is 33.7 Å². The van der Waals surface area contributed by atoms with E-state index in [1.165, 1.54) is 18.4 Å². The molecule has 1 saturated heterocycles. The lowest BCUT2D eigenvalue weighted by Crippen LogP contribution is -2.51. The van der Waals surface area contributed by atoms with Crippen molar-refractivity contribution in [2.45, 2.75) is 5.37 Å². The third-order valence-corrected chi connectivity index (χ3v) is 3.81. The second-order valence-corrected chi connectivity index (χ2v) is 5.20. The minimum atomic E-state index is -3.20. The van der Waals surface area contributed by atoms with Gasteiger partial charge in [-0.05, 0) is 0 Å². The van der Waals surface area contributed by atoms with Crippen LogP contribution in [0, 0.1) is 0 Å². The van der Waals surface area contributed by atoms with E-state index in [9.17, 15) is 8.42 Å². The number of rotatable bonds is 2. The minimum absolute atomic E-state index is 0.431. The number of nitrogens with one attached hydrogen (secondary N) is 1. The van der Waals surface area contributed by atoms with Crippen LogP contribution in [0.25, 0.3) is 0 Å². The lowest BCUT2D eigenvalue weighted by Gasteiger charge is -2.25. The summed E-state index contributed by atoms with van der Waals surface area (Å²) in [6.07, 6.45) is 0. The number of hydrogen-bond acceptors (Lipinski definition) is 3. The van der Waals surface area contributed by atoms with Crippen LogP contribution in [0.3, 0.4) is 0 Å². The summed E-state index contributed by atoms with van der Waals surface area (Å²) in [4.78, 5) is 0. The first-order valence-electron chi connectivity index (χ1n) is 3.84. The summed E-state index contributed by atoms with van der Waals surface area (Å²) in [5.74, 6) is 0. The first kappa shape index (κ1) is 9.91. The van der Waals surface area contributed by atoms with Gasteiger partial charge in [-0.3, -0.25) is 0 Å². The molecule has 1 atom stereocenters. The number of sulfonamides is 1. The fraction of sp³-hybridized carbons (Fsp3) is 1.00. The molecule has 1 aliphatic rings. The van der Waals surface area contributed by atoms with Crippen LogP contribution in [-0.4, -0.2) is 51.8 Å². The standard InChI is InChI=1S/C6H14N3O2S/c1-9(2)12(10,11)6-5-7-3-4-8-6/h6-7H,3-5H2,1-2H3. The Bertz CT molecular complexity index is 231. The van der Waals surface area contributed by atoms with E-state index in [2.05, 4.69) is 10.6 Å². The van der Waals surface area contributed by atoms with Crippen LogP contribution in [-0.2, 0) is 10.0 Å². The summed E-state index contributed by atoms with van der Waals surface area (Å²) < 4.78 is 24.2. The molecular formula is C6H14N3O2S. The zero-order chi connectivity index (χ0) is 9.19. The van der Waals surface area contributed by atoms with Gasteiger partial charge in [0.2, 0.25) is 10.0 Å². The molecule has 0 aliphatic carbocycles. The lowest BCUT2D eigenvalue weighted by atomic mass is 10.4. The largest absolute Gasteiger partial charge is 0.313 e. The smallest absolute Gasteiger partial charge is 0.232 e. The average Bonchev–Trinajstić information content (AvgIpc) is 2.06. The maximum atomic E-state index is 11.5. The first-order chi connectivity index (χ1) is 5.55. The maximum Gasteiger partial charge on any atom is 0.232 e. The number of hydrogen-bond donors (Lipinski definition) is 1. The molecule has 0 spiro atoms. The molecule has 1 aliphatic heterocycles. The van der Waals surface area contributed by atoms with Gasteiger partial charge in [0.15, 0.2) is 5.37 Å². The fourth-order valence-corrected chi connectivity index (χ4v) is 2.13. The van der Waals surface area contributed by atoms with Gasteiger partial charge in [0.1, 0.15) is 0 Å². The summed E-state index contributed by atoms with van der Waals surface area (Å²) in [5, 5.41) is 6.43. The highest BCUT2D eigenvalue weighted by molar-refractivity contribution is 7.89. The van der Waals surface area contributed by atoms with Gasteiger partial charge in [-0.15, -0.1) is 0 Å². The molecule has 0 aromatic rings. The van der Waals surface area contributed by atoms with E-state index < -0.39 is 15.4 Å². The van der Waals surface area contributed by atoms with Crippen molar-refractivity contribution in [1.82, 2.24) is 14.9 Å². The van der Waals surface area contributed by atoms with Gasteiger partial charge in [-0.1, -0.05) is 0 Å². The minimum Gasteiger partial charge on any atom is -0.313 e. The molecule has 1 rings (SSSR count). The molecule has 1 heterocycles. The first-order valence-corrected chi connectivity index (χ1v) is 5.34. The van der Waals surface area contributed by atoms with E-state index in [4.69, 9.17) is 0 Å². The van der Waals surface area contributed by atoms with Crippen LogP contribution in [0.1, 0.15) is 0 Å². The molecule has 0 aromatic carbocycles. The van der Waals surface area contributed by atoms with Crippen LogP contribution in [0.15, 0.2) is 0 Å². The van der Waals surface area contributed by atoms with E-state index in [-0.39, 0.29) is 0 Å². The molecule has 1 radical (unpaired) electrons. The Labute approximate surface area is 73.2 Å². The molecule has 0 saturated carbocycles. The fourth-order valence-electron chi connectivity index (χ4n) is 1.02. The second-order valence-electron chi connectivity index (χ2n) is 2.89. The molecule has 1 fully saturated rings. The highest BCUT2D eigenvalue weighted by atomic mass is 32.2. The van der Waals surface area contributed by atoms with Crippen molar-refractivity contribution in [3.63, 3.8) is 0 Å². The summed E-state index contributed by atoms with van der Waals surface area (Å²) in [6, 6.07) is 0. The molecule has 71 valence electrons. The summed E-state index contributed by atoms with van der Waals surface area (Å²) in [7, 11) is -0.141. The van der Waals surface area contributed by atoms with Crippen LogP contribution in [0.2, 0.25) is 0 Å². The zero-order valence-corrected chi connectivity index (χ0v) is 8.13. The Morgan fingerprint density at radius 3 is 2.58 bits per heavy atom. The molecule has 6 heteroatoms. The quantitative estimate of drug-likeness (QED) is 0.574. The number of nitrogens with zero attached hydrogens (tertiary/aromatic N) is 2. The Balaban J connectivity index is 2.67. The van der Waals surface area contributed by atoms with E-state index in [1.807, 2.05) is 0 Å². The summed E-state index contributed by atoms with van der Waals surface area (Å²) in [6.45, 7) is 1.79. The van der Waals surface area contributed by atoms with E-state index >= 15 is 0 Å². The van der Waals surface area contributed by atoms with Crippen LogP contribution >= 0.6 is 0 Å². The number of piperazine rings is 1. The van der Waals surface area contributed by atoms with Crippen molar-refractivity contribution in [3.8, 4) is 0 Å². The Hall–Kier alpha value is -0.170. The Morgan fingerprint density at radius 1 is 1.50 bits per heavy atom. The third-order valence-electron chi connectivity index (χ3n) is 1.79. The van der Waals surface area contributed by atoms with Crippen LogP contribution < -0.4 is 10.6 Å². The third kappa shape index (κ3) is 1.95. The van der Waals surface area contributed by atoms with Crippen LogP contribution in [0.5, 0.6) is 0 Å².